The molecule has 20 heavy (non-hydrogen) atoms. The third-order valence-electron chi connectivity index (χ3n) is 3.36. The summed E-state index contributed by atoms with van der Waals surface area (Å²) in [5.41, 5.74) is 6.76. The van der Waals surface area contributed by atoms with E-state index >= 15 is 0 Å². The van der Waals surface area contributed by atoms with Crippen molar-refractivity contribution in [3.8, 4) is 0 Å². The van der Waals surface area contributed by atoms with E-state index in [1.54, 1.807) is 0 Å². The Morgan fingerprint density at radius 1 is 1.35 bits per heavy atom. The molecule has 1 aromatic rings. The highest BCUT2D eigenvalue weighted by molar-refractivity contribution is 5.76. The summed E-state index contributed by atoms with van der Waals surface area (Å²) in [5, 5.41) is 6.04. The minimum atomic E-state index is 0.0569. The molecule has 1 fully saturated rings. The van der Waals surface area contributed by atoms with Crippen LogP contribution in [-0.2, 0) is 4.79 Å². The van der Waals surface area contributed by atoms with Crippen LogP contribution in [0.4, 0.5) is 11.6 Å². The normalized spacial score (nSPS) is 14.1. The Hall–Kier alpha value is -1.85. The molecule has 1 heterocycles. The predicted octanol–water partition coefficient (Wildman–Crippen LogP) is 1.57. The third kappa shape index (κ3) is 3.82. The summed E-state index contributed by atoms with van der Waals surface area (Å²) in [7, 11) is 0. The Bertz CT molecular complexity index is 485. The number of nitrogens with one attached hydrogen (secondary N) is 2. The first-order valence-corrected chi connectivity index (χ1v) is 7.26. The minimum Gasteiger partial charge on any atom is -0.383 e. The van der Waals surface area contributed by atoms with Gasteiger partial charge in [-0.2, -0.15) is 0 Å². The van der Waals surface area contributed by atoms with Gasteiger partial charge in [-0.1, -0.05) is 6.92 Å². The number of nitrogen functional groups attached to an aromatic ring is 1. The standard InChI is InChI=1S/C14H23N5O/c1-3-7-16-11(20)6-8-17-13-9(2)12(15)18-14(19-13)10-4-5-10/h10H,3-8H2,1-2H3,(H,16,20)(H3,15,17,18,19). The second kappa shape index (κ2) is 6.54. The molecule has 110 valence electrons. The molecule has 1 saturated carbocycles. The van der Waals surface area contributed by atoms with Gasteiger partial charge in [0.15, 0.2) is 0 Å². The van der Waals surface area contributed by atoms with E-state index in [-0.39, 0.29) is 5.91 Å². The fraction of sp³-hybridized carbons (Fsp3) is 0.643. The van der Waals surface area contributed by atoms with Crippen molar-refractivity contribution in [2.45, 2.75) is 45.4 Å². The van der Waals surface area contributed by atoms with E-state index in [2.05, 4.69) is 20.6 Å². The monoisotopic (exact) mass is 277 g/mol. The average molecular weight is 277 g/mol. The van der Waals surface area contributed by atoms with E-state index in [0.29, 0.717) is 24.7 Å². The van der Waals surface area contributed by atoms with Gasteiger partial charge in [-0.15, -0.1) is 0 Å². The Morgan fingerprint density at radius 3 is 2.75 bits per heavy atom. The first kappa shape index (κ1) is 14.6. The van der Waals surface area contributed by atoms with Gasteiger partial charge in [0.25, 0.3) is 0 Å². The van der Waals surface area contributed by atoms with Crippen molar-refractivity contribution >= 4 is 17.5 Å². The quantitative estimate of drug-likeness (QED) is 0.703. The topological polar surface area (TPSA) is 92.9 Å². The van der Waals surface area contributed by atoms with Crippen LogP contribution in [0.2, 0.25) is 0 Å². The van der Waals surface area contributed by atoms with Gasteiger partial charge in [0.1, 0.15) is 17.5 Å². The average Bonchev–Trinajstić information content (AvgIpc) is 3.25. The summed E-state index contributed by atoms with van der Waals surface area (Å²) in [6.45, 7) is 5.21. The molecule has 0 radical (unpaired) electrons. The molecule has 4 N–H and O–H groups in total. The van der Waals surface area contributed by atoms with E-state index in [1.165, 1.54) is 0 Å². The van der Waals surface area contributed by atoms with Crippen LogP contribution >= 0.6 is 0 Å². The Morgan fingerprint density at radius 2 is 2.10 bits per heavy atom. The van der Waals surface area contributed by atoms with Gasteiger partial charge in [-0.3, -0.25) is 4.79 Å². The van der Waals surface area contributed by atoms with Crippen LogP contribution in [0.15, 0.2) is 0 Å². The van der Waals surface area contributed by atoms with Crippen LogP contribution in [0.5, 0.6) is 0 Å². The molecular weight excluding hydrogens is 254 g/mol. The number of amides is 1. The highest BCUT2D eigenvalue weighted by Gasteiger charge is 2.27. The van der Waals surface area contributed by atoms with Crippen molar-refractivity contribution in [3.05, 3.63) is 11.4 Å². The number of anilines is 2. The molecule has 1 aromatic heterocycles. The molecule has 0 saturated heterocycles. The molecule has 0 atom stereocenters. The van der Waals surface area contributed by atoms with Gasteiger partial charge in [0.2, 0.25) is 5.91 Å². The zero-order valence-corrected chi connectivity index (χ0v) is 12.2. The lowest BCUT2D eigenvalue weighted by molar-refractivity contribution is -0.120. The molecule has 6 nitrogen and oxygen atoms in total. The van der Waals surface area contributed by atoms with E-state index in [9.17, 15) is 4.79 Å². The Kier molecular flexibility index (Phi) is 4.76. The first-order chi connectivity index (χ1) is 9.61. The summed E-state index contributed by atoms with van der Waals surface area (Å²) < 4.78 is 0. The van der Waals surface area contributed by atoms with Crippen molar-refractivity contribution in [2.75, 3.05) is 24.1 Å². The van der Waals surface area contributed by atoms with Gasteiger partial charge in [-0.25, -0.2) is 9.97 Å². The molecule has 1 aliphatic rings. The molecule has 0 bridgehead atoms. The van der Waals surface area contributed by atoms with Crippen LogP contribution in [0.25, 0.3) is 0 Å². The number of rotatable bonds is 7. The lowest BCUT2D eigenvalue weighted by Gasteiger charge is -2.11. The molecule has 0 spiro atoms. The minimum absolute atomic E-state index is 0.0569. The lowest BCUT2D eigenvalue weighted by Crippen LogP contribution is -2.26. The summed E-state index contributed by atoms with van der Waals surface area (Å²) in [5.74, 6) is 2.63. The maximum atomic E-state index is 11.5. The van der Waals surface area contributed by atoms with Crippen LogP contribution < -0.4 is 16.4 Å². The van der Waals surface area contributed by atoms with Gasteiger partial charge in [0.05, 0.1) is 0 Å². The van der Waals surface area contributed by atoms with Gasteiger partial charge in [-0.05, 0) is 26.2 Å². The van der Waals surface area contributed by atoms with Crippen molar-refractivity contribution in [2.24, 2.45) is 0 Å². The van der Waals surface area contributed by atoms with E-state index in [0.717, 1.165) is 43.0 Å². The Labute approximate surface area is 119 Å². The molecular formula is C14H23N5O. The Balaban J connectivity index is 1.90. The maximum absolute atomic E-state index is 11.5. The van der Waals surface area contributed by atoms with Gasteiger partial charge in [0, 0.05) is 31.0 Å². The van der Waals surface area contributed by atoms with Crippen LogP contribution in [0.3, 0.4) is 0 Å². The first-order valence-electron chi connectivity index (χ1n) is 7.26. The molecule has 0 aliphatic heterocycles. The van der Waals surface area contributed by atoms with Gasteiger partial charge < -0.3 is 16.4 Å². The van der Waals surface area contributed by atoms with Crippen molar-refractivity contribution < 1.29 is 4.79 Å². The van der Waals surface area contributed by atoms with E-state index in [1.807, 2.05) is 13.8 Å². The second-order valence-electron chi connectivity index (χ2n) is 5.24. The number of aromatic nitrogens is 2. The number of hydrogen-bond acceptors (Lipinski definition) is 5. The summed E-state index contributed by atoms with van der Waals surface area (Å²) in [6.07, 6.45) is 3.66. The fourth-order valence-electron chi connectivity index (χ4n) is 1.90. The third-order valence-corrected chi connectivity index (χ3v) is 3.36. The van der Waals surface area contributed by atoms with Crippen LogP contribution in [0.1, 0.15) is 49.9 Å². The summed E-state index contributed by atoms with van der Waals surface area (Å²) >= 11 is 0. The van der Waals surface area contributed by atoms with E-state index < -0.39 is 0 Å². The smallest absolute Gasteiger partial charge is 0.221 e. The van der Waals surface area contributed by atoms with Crippen molar-refractivity contribution in [1.82, 2.24) is 15.3 Å². The van der Waals surface area contributed by atoms with Crippen LogP contribution in [0, 0.1) is 6.92 Å². The lowest BCUT2D eigenvalue weighted by atomic mass is 10.2. The number of nitrogens with zero attached hydrogens (tertiary/aromatic N) is 2. The molecule has 2 rings (SSSR count). The molecule has 0 aromatic carbocycles. The zero-order chi connectivity index (χ0) is 14.5. The van der Waals surface area contributed by atoms with Gasteiger partial charge >= 0.3 is 0 Å². The highest BCUT2D eigenvalue weighted by atomic mass is 16.1. The number of carbonyl (C=O) groups excluding carboxylic acids is 1. The highest BCUT2D eigenvalue weighted by Crippen LogP contribution is 2.39. The van der Waals surface area contributed by atoms with Crippen molar-refractivity contribution in [1.29, 1.82) is 0 Å². The molecule has 0 unspecified atom stereocenters. The zero-order valence-electron chi connectivity index (χ0n) is 12.2. The number of nitrogens with two attached hydrogens (primary N) is 1. The molecule has 6 heteroatoms. The molecule has 1 amide bonds. The summed E-state index contributed by atoms with van der Waals surface area (Å²) in [6, 6.07) is 0. The largest absolute Gasteiger partial charge is 0.383 e. The molecule has 1 aliphatic carbocycles. The maximum Gasteiger partial charge on any atom is 0.221 e. The van der Waals surface area contributed by atoms with E-state index in [4.69, 9.17) is 5.73 Å². The number of hydrogen-bond donors (Lipinski definition) is 3. The fourth-order valence-corrected chi connectivity index (χ4v) is 1.90. The predicted molar refractivity (Wildman–Crippen MR) is 79.6 cm³/mol. The second-order valence-corrected chi connectivity index (χ2v) is 5.24. The van der Waals surface area contributed by atoms with Crippen molar-refractivity contribution in [3.63, 3.8) is 0 Å². The van der Waals surface area contributed by atoms with Crippen LogP contribution in [-0.4, -0.2) is 29.0 Å². The summed E-state index contributed by atoms with van der Waals surface area (Å²) in [4.78, 5) is 20.4. The SMILES string of the molecule is CCCNC(=O)CCNc1nc(C2CC2)nc(N)c1C. The number of carbonyl (C=O) groups is 1.